The quantitative estimate of drug-likeness (QED) is 0.444. The van der Waals surface area contributed by atoms with Crippen LogP contribution in [0.4, 0.5) is 5.69 Å². The zero-order chi connectivity index (χ0) is 25.0. The van der Waals surface area contributed by atoms with Crippen molar-refractivity contribution in [1.29, 1.82) is 0 Å². The number of rotatable bonds is 2. The van der Waals surface area contributed by atoms with Crippen LogP contribution in [-0.4, -0.2) is 58.4 Å². The molecule has 7 atom stereocenters. The molecule has 3 N–H and O–H groups in total. The van der Waals surface area contributed by atoms with E-state index in [4.69, 9.17) is 9.47 Å². The number of esters is 1. The normalized spacial score (nSPS) is 35.1. The van der Waals surface area contributed by atoms with Gasteiger partial charge in [0.1, 0.15) is 5.78 Å². The van der Waals surface area contributed by atoms with Crippen molar-refractivity contribution in [3.63, 3.8) is 0 Å². The molecule has 0 radical (unpaired) electrons. The Balaban J connectivity index is 1.77. The summed E-state index contributed by atoms with van der Waals surface area (Å²) in [6, 6.07) is 8.88. The van der Waals surface area contributed by atoms with Gasteiger partial charge in [0, 0.05) is 18.0 Å². The Kier molecular flexibility index (Phi) is 8.49. The van der Waals surface area contributed by atoms with E-state index in [1.807, 2.05) is 13.0 Å². The molecule has 0 aliphatic carbocycles. The molecule has 0 unspecified atom stereocenters. The van der Waals surface area contributed by atoms with Gasteiger partial charge < -0.3 is 25.0 Å². The molecule has 2 fully saturated rings. The second kappa shape index (κ2) is 11.0. The lowest BCUT2D eigenvalue weighted by Gasteiger charge is -2.34. The predicted molar refractivity (Wildman–Crippen MR) is 126 cm³/mol. The number of hydrogen-bond acceptors (Lipinski definition) is 7. The molecule has 0 spiro atoms. The average Bonchev–Trinajstić information content (AvgIpc) is 3.54. The Morgan fingerprint density at radius 3 is 2.41 bits per heavy atom. The van der Waals surface area contributed by atoms with Crippen molar-refractivity contribution in [2.75, 3.05) is 5.32 Å². The maximum Gasteiger partial charge on any atom is 0.309 e. The van der Waals surface area contributed by atoms with E-state index >= 15 is 0 Å². The summed E-state index contributed by atoms with van der Waals surface area (Å²) in [7, 11) is 0. The van der Waals surface area contributed by atoms with Crippen LogP contribution in [0.25, 0.3) is 0 Å². The van der Waals surface area contributed by atoms with Gasteiger partial charge in [0.05, 0.1) is 36.3 Å². The number of aliphatic hydroxyl groups is 2. The van der Waals surface area contributed by atoms with Crippen molar-refractivity contribution >= 4 is 23.3 Å². The minimum Gasteiger partial charge on any atom is -0.452 e. The second-order valence-electron chi connectivity index (χ2n) is 10.3. The van der Waals surface area contributed by atoms with E-state index in [0.29, 0.717) is 5.69 Å². The lowest BCUT2D eigenvalue weighted by Crippen LogP contribution is -2.46. The first-order valence-electron chi connectivity index (χ1n) is 12.1. The number of carbonyl (C=O) groups excluding carboxylic acids is 3. The molecule has 1 amide bonds. The maximum atomic E-state index is 13.1. The molecular weight excluding hydrogens is 438 g/mol. The zero-order valence-electron chi connectivity index (χ0n) is 20.4. The van der Waals surface area contributed by atoms with E-state index in [1.54, 1.807) is 45.0 Å². The van der Waals surface area contributed by atoms with Crippen LogP contribution in [0, 0.1) is 17.3 Å². The number of epoxide rings is 1. The summed E-state index contributed by atoms with van der Waals surface area (Å²) in [5, 5.41) is 24.2. The number of aliphatic hydroxyl groups excluding tert-OH is 2. The van der Waals surface area contributed by atoms with E-state index in [9.17, 15) is 24.6 Å². The minimum absolute atomic E-state index is 0.0356. The third-order valence-corrected chi connectivity index (χ3v) is 7.23. The third kappa shape index (κ3) is 6.43. The Labute approximate surface area is 201 Å². The maximum absolute atomic E-state index is 13.1. The fourth-order valence-corrected chi connectivity index (χ4v) is 4.63. The topological polar surface area (TPSA) is 125 Å². The van der Waals surface area contributed by atoms with Gasteiger partial charge in [0.2, 0.25) is 0 Å². The summed E-state index contributed by atoms with van der Waals surface area (Å²) in [4.78, 5) is 38.7. The second-order valence-corrected chi connectivity index (χ2v) is 10.3. The number of benzene rings is 1. The van der Waals surface area contributed by atoms with Gasteiger partial charge in [-0.1, -0.05) is 52.3 Å². The SMILES string of the molecule is C[C@H]1CCC[C@H]2O[C@H]2C[C@@H](C(=O)Nc2ccccc2)OC(=O)C[C@H](O)C(C)(C)C(=O)[C@H](C)[C@H]1O. The van der Waals surface area contributed by atoms with Crippen molar-refractivity contribution in [2.45, 2.75) is 90.3 Å². The van der Waals surface area contributed by atoms with E-state index in [-0.39, 0.29) is 30.3 Å². The molecule has 0 aromatic heterocycles. The molecule has 0 bridgehead atoms. The number of cyclic esters (lactones) is 1. The van der Waals surface area contributed by atoms with Crippen LogP contribution in [0.15, 0.2) is 30.3 Å². The number of fused-ring (bicyclic) bond motifs is 1. The van der Waals surface area contributed by atoms with Crippen LogP contribution in [0.3, 0.4) is 0 Å². The summed E-state index contributed by atoms with van der Waals surface area (Å²) in [5.41, 5.74) is -0.694. The van der Waals surface area contributed by atoms with Crippen LogP contribution < -0.4 is 5.32 Å². The van der Waals surface area contributed by atoms with Crippen molar-refractivity contribution in [3.8, 4) is 0 Å². The van der Waals surface area contributed by atoms with Crippen molar-refractivity contribution < 1.29 is 34.1 Å². The highest BCUT2D eigenvalue weighted by atomic mass is 16.6. The van der Waals surface area contributed by atoms with Gasteiger partial charge in [-0.3, -0.25) is 14.4 Å². The molecule has 1 aromatic rings. The number of anilines is 1. The minimum atomic E-state index is -1.33. The van der Waals surface area contributed by atoms with Gasteiger partial charge in [-0.2, -0.15) is 0 Å². The Morgan fingerprint density at radius 1 is 1.06 bits per heavy atom. The first-order chi connectivity index (χ1) is 16.0. The highest BCUT2D eigenvalue weighted by Gasteiger charge is 2.45. The number of Topliss-reactive ketones (excluding diaryl/α,β-unsaturated/α-hetero) is 1. The molecule has 8 heteroatoms. The van der Waals surface area contributed by atoms with E-state index in [0.717, 1.165) is 19.3 Å². The monoisotopic (exact) mass is 475 g/mol. The summed E-state index contributed by atoms with van der Waals surface area (Å²) in [6.07, 6.45) is -1.44. The molecule has 1 aromatic carbocycles. The fraction of sp³-hybridized carbons (Fsp3) is 0.654. The van der Waals surface area contributed by atoms with E-state index in [2.05, 4.69) is 5.32 Å². The lowest BCUT2D eigenvalue weighted by atomic mass is 9.73. The summed E-state index contributed by atoms with van der Waals surface area (Å²) in [5.74, 6) is -2.36. The fourth-order valence-electron chi connectivity index (χ4n) is 4.63. The number of carbonyl (C=O) groups is 3. The third-order valence-electron chi connectivity index (χ3n) is 7.23. The van der Waals surface area contributed by atoms with Crippen LogP contribution in [0.2, 0.25) is 0 Å². The molecule has 34 heavy (non-hydrogen) atoms. The molecule has 2 aliphatic rings. The van der Waals surface area contributed by atoms with Gasteiger partial charge in [-0.05, 0) is 30.9 Å². The summed E-state index contributed by atoms with van der Waals surface area (Å²) in [6.45, 7) is 6.69. The highest BCUT2D eigenvalue weighted by Crippen LogP contribution is 2.35. The molecule has 2 saturated heterocycles. The smallest absolute Gasteiger partial charge is 0.309 e. The van der Waals surface area contributed by atoms with Gasteiger partial charge in [0.15, 0.2) is 6.10 Å². The zero-order valence-corrected chi connectivity index (χ0v) is 20.4. The molecule has 8 nitrogen and oxygen atoms in total. The lowest BCUT2D eigenvalue weighted by molar-refractivity contribution is -0.159. The molecular formula is C26H37NO7. The number of amides is 1. The Hall–Kier alpha value is -2.29. The Bertz CT molecular complexity index is 871. The van der Waals surface area contributed by atoms with Crippen molar-refractivity contribution in [3.05, 3.63) is 30.3 Å². The van der Waals surface area contributed by atoms with Crippen molar-refractivity contribution in [2.24, 2.45) is 17.3 Å². The van der Waals surface area contributed by atoms with Gasteiger partial charge >= 0.3 is 5.97 Å². The number of ketones is 1. The van der Waals surface area contributed by atoms with E-state index in [1.165, 1.54) is 0 Å². The van der Waals surface area contributed by atoms with Gasteiger partial charge in [0.25, 0.3) is 5.91 Å². The van der Waals surface area contributed by atoms with Gasteiger partial charge in [-0.25, -0.2) is 0 Å². The number of nitrogens with one attached hydrogen (secondary N) is 1. The molecule has 2 heterocycles. The average molecular weight is 476 g/mol. The molecule has 0 saturated carbocycles. The Morgan fingerprint density at radius 2 is 1.74 bits per heavy atom. The van der Waals surface area contributed by atoms with E-state index < -0.39 is 47.9 Å². The summed E-state index contributed by atoms with van der Waals surface area (Å²) < 4.78 is 11.2. The van der Waals surface area contributed by atoms with Crippen LogP contribution in [0.1, 0.15) is 59.8 Å². The van der Waals surface area contributed by atoms with Crippen LogP contribution in [-0.2, 0) is 23.9 Å². The van der Waals surface area contributed by atoms with Crippen LogP contribution >= 0.6 is 0 Å². The standard InChI is InChI=1S/C26H37NO7/c1-15-9-8-12-18-19(33-18)13-20(25(32)27-17-10-6-5-7-11-17)34-22(29)14-21(28)26(3,4)24(31)16(2)23(15)30/h5-7,10-11,15-16,18-21,23,28,30H,8-9,12-14H2,1-4H3,(H,27,32)/t15-,16+,18+,19-,20-,21-,23-/m0/s1. The predicted octanol–water partition coefficient (Wildman–Crippen LogP) is 2.86. The number of ether oxygens (including phenoxy) is 2. The van der Waals surface area contributed by atoms with Crippen molar-refractivity contribution in [1.82, 2.24) is 0 Å². The van der Waals surface area contributed by atoms with Gasteiger partial charge in [-0.15, -0.1) is 0 Å². The highest BCUT2D eigenvalue weighted by molar-refractivity contribution is 5.95. The first-order valence-corrected chi connectivity index (χ1v) is 12.1. The summed E-state index contributed by atoms with van der Waals surface area (Å²) >= 11 is 0. The first kappa shape index (κ1) is 26.3. The molecule has 3 rings (SSSR count). The largest absolute Gasteiger partial charge is 0.452 e. The molecule has 188 valence electrons. The number of para-hydroxylation sites is 1. The van der Waals surface area contributed by atoms with Crippen LogP contribution in [0.5, 0.6) is 0 Å². The number of hydrogen-bond donors (Lipinski definition) is 3. The molecule has 2 aliphatic heterocycles.